The first-order chi connectivity index (χ1) is 17.7. The molecule has 0 radical (unpaired) electrons. The Morgan fingerprint density at radius 2 is 1.14 bits per heavy atom. The van der Waals surface area contributed by atoms with Crippen molar-refractivity contribution in [1.82, 2.24) is 0 Å². The standard InChI is InChI=1S/C33H23FN2/c34-30-9-7-8-25(23-30)22-29(24-35)28-16-14-26(15-17-28)27-18-20-33(21-19-27)36(31-10-3-1-4-11-31)32-12-5-2-6-13-32/h1-23H/b29-22+. The summed E-state index contributed by atoms with van der Waals surface area (Å²) >= 11 is 0. The van der Waals surface area contributed by atoms with Crippen molar-refractivity contribution in [2.45, 2.75) is 0 Å². The number of hydrogen-bond acceptors (Lipinski definition) is 2. The number of hydrogen-bond donors (Lipinski definition) is 0. The highest BCUT2D eigenvalue weighted by molar-refractivity contribution is 5.90. The van der Waals surface area contributed by atoms with Crippen molar-refractivity contribution in [3.05, 3.63) is 150 Å². The molecular formula is C33H23FN2. The maximum atomic E-state index is 13.5. The molecule has 172 valence electrons. The van der Waals surface area contributed by atoms with Crippen LogP contribution in [0.25, 0.3) is 22.8 Å². The van der Waals surface area contributed by atoms with Gasteiger partial charge in [-0.1, -0.05) is 84.9 Å². The highest BCUT2D eigenvalue weighted by atomic mass is 19.1. The lowest BCUT2D eigenvalue weighted by Gasteiger charge is -2.25. The summed E-state index contributed by atoms with van der Waals surface area (Å²) in [6.45, 7) is 0. The van der Waals surface area contributed by atoms with Crippen LogP contribution in [-0.2, 0) is 0 Å². The van der Waals surface area contributed by atoms with Gasteiger partial charge in [-0.2, -0.15) is 5.26 Å². The van der Waals surface area contributed by atoms with Crippen LogP contribution in [0.2, 0.25) is 0 Å². The normalized spacial score (nSPS) is 11.1. The number of halogens is 1. The minimum atomic E-state index is -0.321. The second-order valence-electron chi connectivity index (χ2n) is 8.36. The first-order valence-electron chi connectivity index (χ1n) is 11.7. The van der Waals surface area contributed by atoms with Crippen LogP contribution in [0.3, 0.4) is 0 Å². The van der Waals surface area contributed by atoms with Gasteiger partial charge in [-0.3, -0.25) is 0 Å². The predicted molar refractivity (Wildman–Crippen MR) is 146 cm³/mol. The molecular weight excluding hydrogens is 443 g/mol. The average Bonchev–Trinajstić information content (AvgIpc) is 2.94. The van der Waals surface area contributed by atoms with Crippen LogP contribution in [-0.4, -0.2) is 0 Å². The van der Waals surface area contributed by atoms with Gasteiger partial charge in [0.1, 0.15) is 5.82 Å². The predicted octanol–water partition coefficient (Wildman–Crippen LogP) is 9.03. The Morgan fingerprint density at radius 3 is 1.67 bits per heavy atom. The SMILES string of the molecule is N#C/C(=C\c1cccc(F)c1)c1ccc(-c2ccc(N(c3ccccc3)c3ccccc3)cc2)cc1. The fraction of sp³-hybridized carbons (Fsp3) is 0. The van der Waals surface area contributed by atoms with Gasteiger partial charge in [0.15, 0.2) is 0 Å². The molecule has 5 aromatic carbocycles. The van der Waals surface area contributed by atoms with E-state index >= 15 is 0 Å². The van der Waals surface area contributed by atoms with Crippen molar-refractivity contribution in [3.63, 3.8) is 0 Å². The minimum Gasteiger partial charge on any atom is -0.311 e. The van der Waals surface area contributed by atoms with E-state index in [1.54, 1.807) is 18.2 Å². The number of nitrogens with zero attached hydrogens (tertiary/aromatic N) is 2. The summed E-state index contributed by atoms with van der Waals surface area (Å²) in [6, 6.07) is 45.4. The van der Waals surface area contributed by atoms with Crippen molar-refractivity contribution >= 4 is 28.7 Å². The molecule has 0 spiro atoms. The van der Waals surface area contributed by atoms with Gasteiger partial charge in [0.25, 0.3) is 0 Å². The van der Waals surface area contributed by atoms with Gasteiger partial charge in [0, 0.05) is 17.1 Å². The lowest BCUT2D eigenvalue weighted by molar-refractivity contribution is 0.627. The zero-order valence-corrected chi connectivity index (χ0v) is 19.6. The molecule has 5 aromatic rings. The Morgan fingerprint density at radius 1 is 0.611 bits per heavy atom. The number of nitriles is 1. The molecule has 5 rings (SSSR count). The summed E-state index contributed by atoms with van der Waals surface area (Å²) in [6.07, 6.45) is 1.70. The van der Waals surface area contributed by atoms with E-state index in [1.807, 2.05) is 60.7 Å². The topological polar surface area (TPSA) is 27.0 Å². The Hall–Kier alpha value is -4.94. The Kier molecular flexibility index (Phi) is 6.69. The van der Waals surface area contributed by atoms with E-state index in [1.165, 1.54) is 12.1 Å². The van der Waals surface area contributed by atoms with E-state index in [9.17, 15) is 9.65 Å². The third-order valence-electron chi connectivity index (χ3n) is 5.96. The molecule has 0 aromatic heterocycles. The van der Waals surface area contributed by atoms with Crippen molar-refractivity contribution in [2.75, 3.05) is 4.90 Å². The fourth-order valence-electron chi connectivity index (χ4n) is 4.19. The maximum Gasteiger partial charge on any atom is 0.123 e. The molecule has 0 aliphatic heterocycles. The van der Waals surface area contributed by atoms with Gasteiger partial charge in [-0.15, -0.1) is 0 Å². The largest absolute Gasteiger partial charge is 0.311 e. The molecule has 0 N–H and O–H groups in total. The molecule has 0 heterocycles. The fourth-order valence-corrected chi connectivity index (χ4v) is 4.19. The molecule has 0 bridgehead atoms. The van der Waals surface area contributed by atoms with E-state index in [4.69, 9.17) is 0 Å². The zero-order chi connectivity index (χ0) is 24.7. The Labute approximate surface area is 210 Å². The molecule has 0 fully saturated rings. The smallest absolute Gasteiger partial charge is 0.123 e. The van der Waals surface area contributed by atoms with Crippen LogP contribution in [0.5, 0.6) is 0 Å². The van der Waals surface area contributed by atoms with Crippen LogP contribution in [0.1, 0.15) is 11.1 Å². The molecule has 0 atom stereocenters. The summed E-state index contributed by atoms with van der Waals surface area (Å²) in [7, 11) is 0. The molecule has 2 nitrogen and oxygen atoms in total. The monoisotopic (exact) mass is 466 g/mol. The first kappa shape index (κ1) is 22.8. The Balaban J connectivity index is 1.42. The van der Waals surface area contributed by atoms with E-state index in [0.29, 0.717) is 11.1 Å². The second-order valence-corrected chi connectivity index (χ2v) is 8.36. The van der Waals surface area contributed by atoms with Crippen molar-refractivity contribution in [1.29, 1.82) is 5.26 Å². The van der Waals surface area contributed by atoms with Gasteiger partial charge in [-0.05, 0) is 76.9 Å². The number of benzene rings is 5. The number of anilines is 3. The van der Waals surface area contributed by atoms with E-state index < -0.39 is 0 Å². The highest BCUT2D eigenvalue weighted by Crippen LogP contribution is 2.35. The maximum absolute atomic E-state index is 13.5. The van der Waals surface area contributed by atoms with Crippen molar-refractivity contribution in [3.8, 4) is 17.2 Å². The molecule has 36 heavy (non-hydrogen) atoms. The summed E-state index contributed by atoms with van der Waals surface area (Å²) in [4.78, 5) is 2.23. The number of rotatable bonds is 6. The van der Waals surface area contributed by atoms with E-state index in [0.717, 1.165) is 33.8 Å². The molecule has 3 heteroatoms. The van der Waals surface area contributed by atoms with Crippen LogP contribution >= 0.6 is 0 Å². The third-order valence-corrected chi connectivity index (χ3v) is 5.96. The van der Waals surface area contributed by atoms with Crippen molar-refractivity contribution in [2.24, 2.45) is 0 Å². The molecule has 0 aliphatic carbocycles. The first-order valence-corrected chi connectivity index (χ1v) is 11.7. The van der Waals surface area contributed by atoms with E-state index in [-0.39, 0.29) is 5.82 Å². The van der Waals surface area contributed by atoms with Gasteiger partial charge in [0.05, 0.1) is 11.6 Å². The number of allylic oxidation sites excluding steroid dienone is 1. The zero-order valence-electron chi connectivity index (χ0n) is 19.6. The summed E-state index contributed by atoms with van der Waals surface area (Å²) < 4.78 is 13.5. The molecule has 0 saturated carbocycles. The lowest BCUT2D eigenvalue weighted by Crippen LogP contribution is -2.09. The summed E-state index contributed by atoms with van der Waals surface area (Å²) in [5, 5.41) is 9.65. The molecule has 0 saturated heterocycles. The second kappa shape index (κ2) is 10.5. The molecule has 0 aliphatic rings. The van der Waals surface area contributed by atoms with Crippen LogP contribution < -0.4 is 4.90 Å². The molecule has 0 amide bonds. The lowest BCUT2D eigenvalue weighted by atomic mass is 9.99. The Bertz CT molecular complexity index is 1480. The van der Waals surface area contributed by atoms with Gasteiger partial charge in [0.2, 0.25) is 0 Å². The summed E-state index contributed by atoms with van der Waals surface area (Å²) in [5.74, 6) is -0.321. The van der Waals surface area contributed by atoms with Gasteiger partial charge >= 0.3 is 0 Å². The van der Waals surface area contributed by atoms with E-state index in [2.05, 4.69) is 59.5 Å². The van der Waals surface area contributed by atoms with Crippen molar-refractivity contribution < 1.29 is 4.39 Å². The third kappa shape index (κ3) is 5.09. The minimum absolute atomic E-state index is 0.321. The van der Waals surface area contributed by atoms with Gasteiger partial charge in [-0.25, -0.2) is 4.39 Å². The number of para-hydroxylation sites is 2. The van der Waals surface area contributed by atoms with Crippen LogP contribution in [0.4, 0.5) is 21.5 Å². The van der Waals surface area contributed by atoms with Crippen LogP contribution in [0, 0.1) is 17.1 Å². The summed E-state index contributed by atoms with van der Waals surface area (Å²) in [5.41, 5.74) is 7.33. The molecule has 0 unspecified atom stereocenters. The average molecular weight is 467 g/mol. The highest BCUT2D eigenvalue weighted by Gasteiger charge is 2.12. The van der Waals surface area contributed by atoms with Gasteiger partial charge < -0.3 is 4.90 Å². The quantitative estimate of drug-likeness (QED) is 0.184. The van der Waals surface area contributed by atoms with Crippen LogP contribution in [0.15, 0.2) is 133 Å².